The minimum Gasteiger partial charge on any atom is -0.452 e. The average molecular weight is 371 g/mol. The molecule has 0 heterocycles. The molecule has 0 aliphatic heterocycles. The molecule has 0 aliphatic carbocycles. The number of rotatable bonds is 8. The van der Waals surface area contributed by atoms with Gasteiger partial charge < -0.3 is 15.4 Å². The molecule has 0 saturated heterocycles. The van der Waals surface area contributed by atoms with Gasteiger partial charge in [-0.3, -0.25) is 9.59 Å². The summed E-state index contributed by atoms with van der Waals surface area (Å²) < 4.78 is 17.8. The van der Waals surface area contributed by atoms with Gasteiger partial charge in [0.15, 0.2) is 6.61 Å². The van der Waals surface area contributed by atoms with Gasteiger partial charge in [-0.2, -0.15) is 0 Å². The second-order valence-electron chi connectivity index (χ2n) is 5.19. The molecule has 1 aromatic rings. The number of carbonyl (C=O) groups excluding carboxylic acids is 3. The summed E-state index contributed by atoms with van der Waals surface area (Å²) in [6, 6.07) is 3.24. The van der Waals surface area contributed by atoms with E-state index in [-0.39, 0.29) is 10.9 Å². The quantitative estimate of drug-likeness (QED) is 0.542. The van der Waals surface area contributed by atoms with E-state index in [0.29, 0.717) is 12.1 Å². The second-order valence-corrected chi connectivity index (χ2v) is 5.60. The van der Waals surface area contributed by atoms with Gasteiger partial charge in [-0.25, -0.2) is 9.18 Å². The van der Waals surface area contributed by atoms with Gasteiger partial charge in [0.25, 0.3) is 5.91 Å². The molecule has 2 amide bonds. The lowest BCUT2D eigenvalue weighted by atomic mass is 10.2. The van der Waals surface area contributed by atoms with E-state index in [1.54, 1.807) is 0 Å². The Morgan fingerprint density at radius 2 is 2.08 bits per heavy atom. The normalized spacial score (nSPS) is 11.8. The van der Waals surface area contributed by atoms with Gasteiger partial charge in [0.1, 0.15) is 11.9 Å². The van der Waals surface area contributed by atoms with E-state index in [0.717, 1.165) is 12.5 Å². The standard InChI is InChI=1S/C17H20ClFN2O4/c1-3-8-20-17(24)11(2)21-15(22)10-25-16(23)7-5-12-4-6-14(19)13(18)9-12/h4-7,9,11H,3,8,10H2,1-2H3,(H,20,24)(H,21,22)/b7-5+/t11-/m0/s1. The van der Waals surface area contributed by atoms with Crippen LogP contribution >= 0.6 is 11.6 Å². The summed E-state index contributed by atoms with van der Waals surface area (Å²) >= 11 is 5.63. The van der Waals surface area contributed by atoms with E-state index in [2.05, 4.69) is 10.6 Å². The Hall–Kier alpha value is -2.41. The van der Waals surface area contributed by atoms with Crippen molar-refractivity contribution in [3.05, 3.63) is 40.7 Å². The molecule has 0 unspecified atom stereocenters. The Kier molecular flexibility index (Phi) is 8.63. The smallest absolute Gasteiger partial charge is 0.331 e. The van der Waals surface area contributed by atoms with Crippen molar-refractivity contribution in [3.8, 4) is 0 Å². The molecule has 0 bridgehead atoms. The minimum absolute atomic E-state index is 0.0646. The van der Waals surface area contributed by atoms with Crippen molar-refractivity contribution in [2.45, 2.75) is 26.3 Å². The summed E-state index contributed by atoms with van der Waals surface area (Å²) in [5.74, 6) is -2.21. The third kappa shape index (κ3) is 7.80. The third-order valence-corrected chi connectivity index (χ3v) is 3.31. The summed E-state index contributed by atoms with van der Waals surface area (Å²) in [5.41, 5.74) is 0.508. The molecule has 25 heavy (non-hydrogen) atoms. The second kappa shape index (κ2) is 10.5. The van der Waals surface area contributed by atoms with Crippen LogP contribution in [0.25, 0.3) is 6.08 Å². The molecule has 0 fully saturated rings. The van der Waals surface area contributed by atoms with Crippen LogP contribution in [0.3, 0.4) is 0 Å². The zero-order valence-corrected chi connectivity index (χ0v) is 14.7. The number of ether oxygens (including phenoxy) is 1. The summed E-state index contributed by atoms with van der Waals surface area (Å²) in [5, 5.41) is 4.99. The number of amides is 2. The van der Waals surface area contributed by atoms with Gasteiger partial charge in [-0.1, -0.05) is 24.6 Å². The number of hydrogen-bond donors (Lipinski definition) is 2. The SMILES string of the molecule is CCCNC(=O)[C@H](C)NC(=O)COC(=O)/C=C/c1ccc(F)c(Cl)c1. The maximum Gasteiger partial charge on any atom is 0.331 e. The Morgan fingerprint density at radius 3 is 2.72 bits per heavy atom. The maximum atomic E-state index is 13.0. The van der Waals surface area contributed by atoms with Crippen molar-refractivity contribution in [1.82, 2.24) is 10.6 Å². The topological polar surface area (TPSA) is 84.5 Å². The Balaban J connectivity index is 2.39. The van der Waals surface area contributed by atoms with E-state index in [1.807, 2.05) is 6.92 Å². The molecule has 6 nitrogen and oxygen atoms in total. The highest BCUT2D eigenvalue weighted by molar-refractivity contribution is 6.30. The van der Waals surface area contributed by atoms with Crippen LogP contribution in [0.5, 0.6) is 0 Å². The first kappa shape index (κ1) is 20.6. The van der Waals surface area contributed by atoms with E-state index in [1.165, 1.54) is 31.2 Å². The van der Waals surface area contributed by atoms with Gasteiger partial charge in [0, 0.05) is 12.6 Å². The molecule has 0 aliphatic rings. The lowest BCUT2D eigenvalue weighted by molar-refractivity contribution is -0.144. The van der Waals surface area contributed by atoms with Crippen LogP contribution in [0.4, 0.5) is 4.39 Å². The molecule has 2 N–H and O–H groups in total. The van der Waals surface area contributed by atoms with Crippen LogP contribution < -0.4 is 10.6 Å². The minimum atomic E-state index is -0.751. The van der Waals surface area contributed by atoms with Gasteiger partial charge in [0.05, 0.1) is 5.02 Å². The first-order valence-corrected chi connectivity index (χ1v) is 8.08. The zero-order chi connectivity index (χ0) is 18.8. The average Bonchev–Trinajstić information content (AvgIpc) is 2.58. The highest BCUT2D eigenvalue weighted by Gasteiger charge is 2.15. The van der Waals surface area contributed by atoms with Crippen molar-refractivity contribution in [2.24, 2.45) is 0 Å². The van der Waals surface area contributed by atoms with Crippen LogP contribution in [0, 0.1) is 5.82 Å². The Morgan fingerprint density at radius 1 is 1.36 bits per heavy atom. The molecular formula is C17H20ClFN2O4. The summed E-state index contributed by atoms with van der Waals surface area (Å²) in [6.45, 7) is 3.45. The van der Waals surface area contributed by atoms with E-state index < -0.39 is 30.3 Å². The highest BCUT2D eigenvalue weighted by Crippen LogP contribution is 2.16. The highest BCUT2D eigenvalue weighted by atomic mass is 35.5. The van der Waals surface area contributed by atoms with E-state index in [9.17, 15) is 18.8 Å². The predicted octanol–water partition coefficient (Wildman–Crippen LogP) is 2.07. The largest absolute Gasteiger partial charge is 0.452 e. The molecule has 0 aromatic heterocycles. The monoisotopic (exact) mass is 370 g/mol. The van der Waals surface area contributed by atoms with Gasteiger partial charge in [-0.05, 0) is 37.1 Å². The first-order valence-electron chi connectivity index (χ1n) is 7.70. The van der Waals surface area contributed by atoms with Crippen LogP contribution in [0.15, 0.2) is 24.3 Å². The molecular weight excluding hydrogens is 351 g/mol. The van der Waals surface area contributed by atoms with Gasteiger partial charge in [-0.15, -0.1) is 0 Å². The van der Waals surface area contributed by atoms with Gasteiger partial charge >= 0.3 is 5.97 Å². The molecule has 1 rings (SSSR count). The first-order chi connectivity index (χ1) is 11.8. The lowest BCUT2D eigenvalue weighted by Gasteiger charge is -2.13. The zero-order valence-electron chi connectivity index (χ0n) is 14.0. The van der Waals surface area contributed by atoms with Gasteiger partial charge in [0.2, 0.25) is 5.91 Å². The van der Waals surface area contributed by atoms with Crippen molar-refractivity contribution in [1.29, 1.82) is 0 Å². The molecule has 0 saturated carbocycles. The molecule has 0 radical (unpaired) electrons. The fourth-order valence-electron chi connectivity index (χ4n) is 1.72. The summed E-state index contributed by atoms with van der Waals surface area (Å²) in [7, 11) is 0. The summed E-state index contributed by atoms with van der Waals surface area (Å²) in [6.07, 6.45) is 3.26. The number of esters is 1. The van der Waals surface area contributed by atoms with Crippen LogP contribution in [-0.4, -0.2) is 37.0 Å². The number of halogens is 2. The maximum absolute atomic E-state index is 13.0. The predicted molar refractivity (Wildman–Crippen MR) is 92.3 cm³/mol. The van der Waals surface area contributed by atoms with Crippen molar-refractivity contribution < 1.29 is 23.5 Å². The summed E-state index contributed by atoms with van der Waals surface area (Å²) in [4.78, 5) is 34.8. The molecule has 8 heteroatoms. The molecule has 136 valence electrons. The van der Waals surface area contributed by atoms with Crippen LogP contribution in [0.2, 0.25) is 5.02 Å². The van der Waals surface area contributed by atoms with Crippen molar-refractivity contribution in [2.75, 3.05) is 13.2 Å². The van der Waals surface area contributed by atoms with Crippen LogP contribution in [-0.2, 0) is 19.1 Å². The van der Waals surface area contributed by atoms with Crippen molar-refractivity contribution in [3.63, 3.8) is 0 Å². The molecule has 1 aromatic carbocycles. The Labute approximate surface area is 150 Å². The van der Waals surface area contributed by atoms with Crippen LogP contribution in [0.1, 0.15) is 25.8 Å². The number of nitrogens with one attached hydrogen (secondary N) is 2. The Bertz CT molecular complexity index is 664. The fraction of sp³-hybridized carbons (Fsp3) is 0.353. The van der Waals surface area contributed by atoms with E-state index in [4.69, 9.17) is 16.3 Å². The van der Waals surface area contributed by atoms with Crippen molar-refractivity contribution >= 4 is 35.5 Å². The van der Waals surface area contributed by atoms with E-state index >= 15 is 0 Å². The third-order valence-electron chi connectivity index (χ3n) is 3.02. The number of carbonyl (C=O) groups is 3. The fourth-order valence-corrected chi connectivity index (χ4v) is 1.90. The number of hydrogen-bond acceptors (Lipinski definition) is 4. The number of benzene rings is 1. The molecule has 1 atom stereocenters. The lowest BCUT2D eigenvalue weighted by Crippen LogP contribution is -2.46. The molecule has 0 spiro atoms.